The molecule has 0 aromatic carbocycles. The molecule has 5 nitrogen and oxygen atoms in total. The highest BCUT2D eigenvalue weighted by Gasteiger charge is 2.39. The van der Waals surface area contributed by atoms with Gasteiger partial charge in [-0.3, -0.25) is 0 Å². The maximum atomic E-state index is 9.93. The third-order valence-corrected chi connectivity index (χ3v) is 5.17. The highest BCUT2D eigenvalue weighted by Crippen LogP contribution is 2.18. The van der Waals surface area contributed by atoms with E-state index >= 15 is 0 Å². The zero-order valence-corrected chi connectivity index (χ0v) is 17.2. The van der Waals surface area contributed by atoms with Gasteiger partial charge in [0.25, 0.3) is 0 Å². The van der Waals surface area contributed by atoms with Crippen LogP contribution in [0.5, 0.6) is 0 Å². The van der Waals surface area contributed by atoms with Crippen molar-refractivity contribution in [2.45, 2.75) is 108 Å². The largest absolute Gasteiger partial charge is 0.388 e. The monoisotopic (exact) mass is 386 g/mol. The summed E-state index contributed by atoms with van der Waals surface area (Å²) in [5, 5.41) is 29.0. The first-order valence-electron chi connectivity index (χ1n) is 11.0. The zero-order valence-electron chi connectivity index (χ0n) is 17.2. The van der Waals surface area contributed by atoms with Crippen molar-refractivity contribution in [1.82, 2.24) is 0 Å². The molecule has 0 aromatic rings. The Bertz CT molecular complexity index is 361. The van der Waals surface area contributed by atoms with Crippen LogP contribution in [0.2, 0.25) is 0 Å². The summed E-state index contributed by atoms with van der Waals surface area (Å²) < 4.78 is 10.7. The Labute approximate surface area is 165 Å². The molecule has 3 N–H and O–H groups in total. The van der Waals surface area contributed by atoms with Gasteiger partial charge in [0.15, 0.2) is 0 Å². The van der Waals surface area contributed by atoms with Gasteiger partial charge in [-0.15, -0.1) is 0 Å². The van der Waals surface area contributed by atoms with E-state index in [1.807, 2.05) is 0 Å². The van der Waals surface area contributed by atoms with Gasteiger partial charge < -0.3 is 24.8 Å². The maximum Gasteiger partial charge on any atom is 0.114 e. The summed E-state index contributed by atoms with van der Waals surface area (Å²) in [6, 6.07) is 0. The summed E-state index contributed by atoms with van der Waals surface area (Å²) in [7, 11) is 0. The van der Waals surface area contributed by atoms with Crippen molar-refractivity contribution < 1.29 is 24.8 Å². The SMILES string of the molecule is CC/C=C/CCCCCCCCCCCCOC[C@H](O)[C@H]1OC[C@@H](O)[C@H]1O. The van der Waals surface area contributed by atoms with Gasteiger partial charge in [-0.1, -0.05) is 70.4 Å². The van der Waals surface area contributed by atoms with Crippen LogP contribution in [0, 0.1) is 0 Å². The lowest BCUT2D eigenvalue weighted by Gasteiger charge is -2.20. The fraction of sp³-hybridized carbons (Fsp3) is 0.909. The summed E-state index contributed by atoms with van der Waals surface area (Å²) in [6.45, 7) is 3.01. The molecule has 1 heterocycles. The Morgan fingerprint density at radius 3 is 2.07 bits per heavy atom. The van der Waals surface area contributed by atoms with Crippen LogP contribution < -0.4 is 0 Å². The van der Waals surface area contributed by atoms with Gasteiger partial charge in [-0.2, -0.15) is 0 Å². The fourth-order valence-electron chi connectivity index (χ4n) is 3.43. The minimum Gasteiger partial charge on any atom is -0.388 e. The molecule has 1 aliphatic heterocycles. The molecule has 4 atom stereocenters. The second kappa shape index (κ2) is 16.5. The van der Waals surface area contributed by atoms with E-state index in [9.17, 15) is 15.3 Å². The number of ether oxygens (including phenoxy) is 2. The third kappa shape index (κ3) is 11.9. The fourth-order valence-corrected chi connectivity index (χ4v) is 3.43. The summed E-state index contributed by atoms with van der Waals surface area (Å²) >= 11 is 0. The maximum absolute atomic E-state index is 9.93. The van der Waals surface area contributed by atoms with Crippen molar-refractivity contribution in [3.8, 4) is 0 Å². The van der Waals surface area contributed by atoms with E-state index in [1.165, 1.54) is 57.8 Å². The van der Waals surface area contributed by atoms with E-state index < -0.39 is 24.4 Å². The highest BCUT2D eigenvalue weighted by atomic mass is 16.5. The Balaban J connectivity index is 1.78. The van der Waals surface area contributed by atoms with E-state index in [2.05, 4.69) is 19.1 Å². The number of hydrogen-bond donors (Lipinski definition) is 3. The molecule has 0 unspecified atom stereocenters. The lowest BCUT2D eigenvalue weighted by atomic mass is 10.1. The molecule has 0 bridgehead atoms. The molecule has 0 saturated carbocycles. The minimum absolute atomic E-state index is 0.0686. The highest BCUT2D eigenvalue weighted by molar-refractivity contribution is 4.87. The standard InChI is InChI=1S/C22H42O5/c1-2-3-4-5-6-7-8-9-10-11-12-13-14-15-16-26-17-20(24)22-21(25)19(23)18-27-22/h3-4,19-25H,2,5-18H2,1H3/b4-3+/t19-,20+,21-,22-/m1/s1. The van der Waals surface area contributed by atoms with Crippen molar-refractivity contribution in [2.75, 3.05) is 19.8 Å². The lowest BCUT2D eigenvalue weighted by molar-refractivity contribution is -0.0813. The van der Waals surface area contributed by atoms with Gasteiger partial charge in [0.05, 0.1) is 13.2 Å². The van der Waals surface area contributed by atoms with E-state index in [4.69, 9.17) is 9.47 Å². The molecule has 0 aliphatic carbocycles. The van der Waals surface area contributed by atoms with Crippen LogP contribution in [0.4, 0.5) is 0 Å². The van der Waals surface area contributed by atoms with Crippen LogP contribution in [-0.4, -0.2) is 59.6 Å². The van der Waals surface area contributed by atoms with Gasteiger partial charge >= 0.3 is 0 Å². The second-order valence-corrected chi connectivity index (χ2v) is 7.70. The first kappa shape index (κ1) is 24.6. The predicted octanol–water partition coefficient (Wildman–Crippen LogP) is 3.74. The molecule has 1 fully saturated rings. The lowest BCUT2D eigenvalue weighted by Crippen LogP contribution is -2.40. The molecule has 0 radical (unpaired) electrons. The minimum atomic E-state index is -1.03. The van der Waals surface area contributed by atoms with Crippen molar-refractivity contribution >= 4 is 0 Å². The molecular formula is C22H42O5. The van der Waals surface area contributed by atoms with Crippen molar-refractivity contribution in [1.29, 1.82) is 0 Å². The van der Waals surface area contributed by atoms with E-state index in [0.717, 1.165) is 19.3 Å². The Morgan fingerprint density at radius 1 is 0.926 bits per heavy atom. The number of unbranched alkanes of at least 4 members (excludes halogenated alkanes) is 10. The van der Waals surface area contributed by atoms with Crippen LogP contribution in [0.1, 0.15) is 84.0 Å². The van der Waals surface area contributed by atoms with Crippen LogP contribution in [0.25, 0.3) is 0 Å². The normalized spacial score (nSPS) is 24.1. The summed E-state index contributed by atoms with van der Waals surface area (Å²) in [5.41, 5.74) is 0. The van der Waals surface area contributed by atoms with Crippen LogP contribution >= 0.6 is 0 Å². The number of aliphatic hydroxyl groups is 3. The summed E-state index contributed by atoms with van der Waals surface area (Å²) in [5.74, 6) is 0. The smallest absolute Gasteiger partial charge is 0.114 e. The number of aliphatic hydroxyl groups excluding tert-OH is 3. The number of allylic oxidation sites excluding steroid dienone is 2. The van der Waals surface area contributed by atoms with E-state index in [0.29, 0.717) is 6.61 Å². The average molecular weight is 387 g/mol. The Hall–Kier alpha value is -0.460. The third-order valence-electron chi connectivity index (χ3n) is 5.17. The molecule has 160 valence electrons. The molecule has 1 rings (SSSR count). The molecular weight excluding hydrogens is 344 g/mol. The first-order valence-corrected chi connectivity index (χ1v) is 11.0. The molecule has 0 spiro atoms. The summed E-state index contributed by atoms with van der Waals surface area (Å²) in [6.07, 6.45) is 16.2. The van der Waals surface area contributed by atoms with Crippen LogP contribution in [0.3, 0.4) is 0 Å². The van der Waals surface area contributed by atoms with Crippen molar-refractivity contribution in [3.05, 3.63) is 12.2 Å². The van der Waals surface area contributed by atoms with Gasteiger partial charge in [0, 0.05) is 6.61 Å². The Morgan fingerprint density at radius 2 is 1.52 bits per heavy atom. The zero-order chi connectivity index (χ0) is 19.7. The van der Waals surface area contributed by atoms with Crippen LogP contribution in [0.15, 0.2) is 12.2 Å². The van der Waals surface area contributed by atoms with Crippen LogP contribution in [-0.2, 0) is 9.47 Å². The average Bonchev–Trinajstić information content (AvgIpc) is 3.00. The molecule has 5 heteroatoms. The molecule has 0 amide bonds. The van der Waals surface area contributed by atoms with Gasteiger partial charge in [-0.25, -0.2) is 0 Å². The molecule has 0 aromatic heterocycles. The van der Waals surface area contributed by atoms with Gasteiger partial charge in [0.1, 0.15) is 24.4 Å². The van der Waals surface area contributed by atoms with E-state index in [-0.39, 0.29) is 13.2 Å². The van der Waals surface area contributed by atoms with E-state index in [1.54, 1.807) is 0 Å². The van der Waals surface area contributed by atoms with Crippen molar-refractivity contribution in [2.24, 2.45) is 0 Å². The quantitative estimate of drug-likeness (QED) is 0.262. The predicted molar refractivity (Wildman–Crippen MR) is 109 cm³/mol. The molecule has 27 heavy (non-hydrogen) atoms. The van der Waals surface area contributed by atoms with Gasteiger partial charge in [-0.05, 0) is 25.7 Å². The van der Waals surface area contributed by atoms with Crippen molar-refractivity contribution in [3.63, 3.8) is 0 Å². The van der Waals surface area contributed by atoms with Gasteiger partial charge in [0.2, 0.25) is 0 Å². The topological polar surface area (TPSA) is 79.2 Å². The molecule has 1 aliphatic rings. The number of rotatable bonds is 17. The second-order valence-electron chi connectivity index (χ2n) is 7.70. The molecule has 1 saturated heterocycles. The number of hydrogen-bond acceptors (Lipinski definition) is 5. The Kier molecular flexibility index (Phi) is 15.0. The summed E-state index contributed by atoms with van der Waals surface area (Å²) in [4.78, 5) is 0. The first-order chi connectivity index (χ1) is 13.2.